The Labute approximate surface area is 145 Å². The highest BCUT2D eigenvalue weighted by Gasteiger charge is 2.24. The first-order chi connectivity index (χ1) is 11.5. The molecule has 5 nitrogen and oxygen atoms in total. The summed E-state index contributed by atoms with van der Waals surface area (Å²) in [5.74, 6) is 0.543. The van der Waals surface area contributed by atoms with E-state index in [1.54, 1.807) is 25.3 Å². The molecule has 1 N–H and O–H groups in total. The first-order valence-corrected chi connectivity index (χ1v) is 8.97. The van der Waals surface area contributed by atoms with E-state index in [1.165, 1.54) is 21.8 Å². The van der Waals surface area contributed by atoms with E-state index in [-0.39, 0.29) is 12.5 Å². The summed E-state index contributed by atoms with van der Waals surface area (Å²) in [7, 11) is 0. The molecule has 0 saturated heterocycles. The van der Waals surface area contributed by atoms with Crippen molar-refractivity contribution in [3.8, 4) is 0 Å². The lowest BCUT2D eigenvalue weighted by molar-refractivity contribution is -0.129. The Morgan fingerprint density at radius 2 is 2.33 bits per heavy atom. The van der Waals surface area contributed by atoms with Crippen LogP contribution in [0.5, 0.6) is 0 Å². The van der Waals surface area contributed by atoms with Gasteiger partial charge in [0.2, 0.25) is 0 Å². The molecule has 0 radical (unpaired) electrons. The van der Waals surface area contributed by atoms with Crippen LogP contribution in [0, 0.1) is 5.92 Å². The fourth-order valence-corrected chi connectivity index (χ4v) is 3.90. The second-order valence-corrected chi connectivity index (χ2v) is 7.39. The van der Waals surface area contributed by atoms with Gasteiger partial charge in [-0.25, -0.2) is 4.79 Å². The minimum atomic E-state index is -0.842. The molecule has 2 aromatic heterocycles. The van der Waals surface area contributed by atoms with Gasteiger partial charge in [0.15, 0.2) is 6.10 Å². The SMILES string of the molecule is C[C@H]1CCc2sc(C(=O)O[C@H](C)C(=O)NCc3ccco3)cc2C1. The number of esters is 1. The van der Waals surface area contributed by atoms with E-state index in [9.17, 15) is 9.59 Å². The van der Waals surface area contributed by atoms with Gasteiger partial charge in [-0.05, 0) is 55.9 Å². The number of furan rings is 1. The highest BCUT2D eigenvalue weighted by atomic mass is 32.1. The van der Waals surface area contributed by atoms with Crippen molar-refractivity contribution in [1.29, 1.82) is 0 Å². The summed E-state index contributed by atoms with van der Waals surface area (Å²) >= 11 is 1.49. The molecule has 0 fully saturated rings. The molecule has 2 heterocycles. The van der Waals surface area contributed by atoms with Gasteiger partial charge < -0.3 is 14.5 Å². The fourth-order valence-electron chi connectivity index (χ4n) is 2.81. The Morgan fingerprint density at radius 1 is 1.50 bits per heavy atom. The Balaban J connectivity index is 1.55. The number of hydrogen-bond donors (Lipinski definition) is 1. The van der Waals surface area contributed by atoms with Crippen LogP contribution < -0.4 is 5.32 Å². The van der Waals surface area contributed by atoms with Crippen LogP contribution in [0.15, 0.2) is 28.9 Å². The summed E-state index contributed by atoms with van der Waals surface area (Å²) in [5, 5.41) is 2.69. The van der Waals surface area contributed by atoms with Gasteiger partial charge in [-0.3, -0.25) is 4.79 Å². The van der Waals surface area contributed by atoms with Crippen molar-refractivity contribution in [2.45, 2.75) is 45.8 Å². The zero-order chi connectivity index (χ0) is 17.1. The predicted octanol–water partition coefficient (Wildman–Crippen LogP) is 3.33. The predicted molar refractivity (Wildman–Crippen MR) is 90.9 cm³/mol. The molecule has 0 bridgehead atoms. The number of carbonyl (C=O) groups is 2. The van der Waals surface area contributed by atoms with Gasteiger partial charge in [-0.1, -0.05) is 6.92 Å². The third-order valence-electron chi connectivity index (χ3n) is 4.20. The van der Waals surface area contributed by atoms with Crippen molar-refractivity contribution < 1.29 is 18.7 Å². The van der Waals surface area contributed by atoms with Crippen LogP contribution >= 0.6 is 11.3 Å². The van der Waals surface area contributed by atoms with E-state index >= 15 is 0 Å². The first kappa shape index (κ1) is 16.8. The standard InChI is InChI=1S/C18H21NO4S/c1-11-5-6-15-13(8-11)9-16(24-15)18(21)23-12(2)17(20)19-10-14-4-3-7-22-14/h3-4,7,9,11-12H,5-6,8,10H2,1-2H3,(H,19,20)/t11-,12+/m0/s1. The number of amides is 1. The van der Waals surface area contributed by atoms with Gasteiger partial charge in [0.05, 0.1) is 12.8 Å². The van der Waals surface area contributed by atoms with Gasteiger partial charge in [0.25, 0.3) is 5.91 Å². The highest BCUT2D eigenvalue weighted by molar-refractivity contribution is 7.14. The van der Waals surface area contributed by atoms with Crippen LogP contribution in [0.1, 0.15) is 46.1 Å². The van der Waals surface area contributed by atoms with Crippen molar-refractivity contribution in [2.75, 3.05) is 0 Å². The quantitative estimate of drug-likeness (QED) is 0.843. The summed E-state index contributed by atoms with van der Waals surface area (Å²) in [5.41, 5.74) is 1.25. The average molecular weight is 347 g/mol. The Hall–Kier alpha value is -2.08. The van der Waals surface area contributed by atoms with E-state index in [1.807, 2.05) is 6.07 Å². The molecule has 6 heteroatoms. The number of nitrogens with one attached hydrogen (secondary N) is 1. The first-order valence-electron chi connectivity index (χ1n) is 8.15. The maximum atomic E-state index is 12.3. The minimum absolute atomic E-state index is 0.277. The van der Waals surface area contributed by atoms with Crippen LogP contribution in [0.4, 0.5) is 0 Å². The number of hydrogen-bond acceptors (Lipinski definition) is 5. The summed E-state index contributed by atoms with van der Waals surface area (Å²) in [6, 6.07) is 5.45. The molecule has 0 aromatic carbocycles. The number of rotatable bonds is 5. The van der Waals surface area contributed by atoms with Crippen molar-refractivity contribution in [1.82, 2.24) is 5.32 Å². The second kappa shape index (κ2) is 7.21. The molecule has 0 spiro atoms. The molecular formula is C18H21NO4S. The molecular weight excluding hydrogens is 326 g/mol. The molecule has 128 valence electrons. The van der Waals surface area contributed by atoms with E-state index < -0.39 is 12.1 Å². The number of thiophene rings is 1. The van der Waals surface area contributed by atoms with Crippen molar-refractivity contribution in [3.63, 3.8) is 0 Å². The summed E-state index contributed by atoms with van der Waals surface area (Å²) in [6.45, 7) is 4.08. The van der Waals surface area contributed by atoms with E-state index in [2.05, 4.69) is 12.2 Å². The second-order valence-electron chi connectivity index (χ2n) is 6.25. The van der Waals surface area contributed by atoms with Gasteiger partial charge >= 0.3 is 5.97 Å². The normalized spacial score (nSPS) is 17.8. The number of ether oxygens (including phenoxy) is 1. The highest BCUT2D eigenvalue weighted by Crippen LogP contribution is 2.32. The van der Waals surface area contributed by atoms with Crippen molar-refractivity contribution >= 4 is 23.2 Å². The largest absolute Gasteiger partial charge is 0.467 e. The lowest BCUT2D eigenvalue weighted by atomic mass is 9.90. The Kier molecular flexibility index (Phi) is 5.04. The Bertz CT molecular complexity index is 719. The van der Waals surface area contributed by atoms with Gasteiger partial charge in [-0.15, -0.1) is 11.3 Å². The molecule has 1 aliphatic rings. The fraction of sp³-hybridized carbons (Fsp3) is 0.444. The summed E-state index contributed by atoms with van der Waals surface area (Å²) < 4.78 is 10.4. The number of carbonyl (C=O) groups excluding carboxylic acids is 2. The molecule has 0 aliphatic heterocycles. The summed E-state index contributed by atoms with van der Waals surface area (Å²) in [4.78, 5) is 26.2. The number of fused-ring (bicyclic) bond motifs is 1. The topological polar surface area (TPSA) is 68.5 Å². The van der Waals surface area contributed by atoms with Crippen molar-refractivity contribution in [3.05, 3.63) is 45.5 Å². The monoisotopic (exact) mass is 347 g/mol. The molecule has 1 aliphatic carbocycles. The Morgan fingerprint density at radius 3 is 3.08 bits per heavy atom. The maximum Gasteiger partial charge on any atom is 0.349 e. The minimum Gasteiger partial charge on any atom is -0.467 e. The zero-order valence-corrected chi connectivity index (χ0v) is 14.7. The summed E-state index contributed by atoms with van der Waals surface area (Å²) in [6.07, 6.45) is 3.90. The molecule has 2 aromatic rings. The van der Waals surface area contributed by atoms with Crippen LogP contribution in [0.3, 0.4) is 0 Å². The van der Waals surface area contributed by atoms with Gasteiger partial charge in [0, 0.05) is 4.88 Å². The van der Waals surface area contributed by atoms with Crippen LogP contribution in [-0.4, -0.2) is 18.0 Å². The lowest BCUT2D eigenvalue weighted by Crippen LogP contribution is -2.35. The van der Waals surface area contributed by atoms with Crippen LogP contribution in [-0.2, 0) is 28.9 Å². The zero-order valence-electron chi connectivity index (χ0n) is 13.8. The van der Waals surface area contributed by atoms with Gasteiger partial charge in [0.1, 0.15) is 10.6 Å². The number of aryl methyl sites for hydroxylation is 1. The van der Waals surface area contributed by atoms with Crippen LogP contribution in [0.25, 0.3) is 0 Å². The smallest absolute Gasteiger partial charge is 0.349 e. The third-order valence-corrected chi connectivity index (χ3v) is 5.42. The lowest BCUT2D eigenvalue weighted by Gasteiger charge is -2.16. The van der Waals surface area contributed by atoms with Crippen LogP contribution in [0.2, 0.25) is 0 Å². The average Bonchev–Trinajstić information content (AvgIpc) is 3.21. The molecule has 0 unspecified atom stereocenters. The third kappa shape index (κ3) is 3.87. The molecule has 1 amide bonds. The molecule has 0 saturated carbocycles. The van der Waals surface area contributed by atoms with Gasteiger partial charge in [-0.2, -0.15) is 0 Å². The molecule has 2 atom stereocenters. The molecule has 3 rings (SSSR count). The van der Waals surface area contributed by atoms with Crippen molar-refractivity contribution in [2.24, 2.45) is 5.92 Å². The van der Waals surface area contributed by atoms with E-state index in [0.29, 0.717) is 16.6 Å². The maximum absolute atomic E-state index is 12.3. The van der Waals surface area contributed by atoms with E-state index in [0.717, 1.165) is 19.3 Å². The molecule has 24 heavy (non-hydrogen) atoms. The van der Waals surface area contributed by atoms with E-state index in [4.69, 9.17) is 9.15 Å².